The van der Waals surface area contributed by atoms with Crippen LogP contribution in [0.2, 0.25) is 5.02 Å². The van der Waals surface area contributed by atoms with Crippen LogP contribution >= 0.6 is 11.6 Å². The Morgan fingerprint density at radius 3 is 2.67 bits per heavy atom. The number of fused-ring (bicyclic) bond motifs is 1. The van der Waals surface area contributed by atoms with Gasteiger partial charge in [-0.15, -0.1) is 0 Å². The highest BCUT2D eigenvalue weighted by molar-refractivity contribution is 6.35. The molecule has 5 N–H and O–H groups in total. The molecular formula is C17H20ClN5O. The van der Waals surface area contributed by atoms with Crippen molar-refractivity contribution >= 4 is 40.1 Å². The van der Waals surface area contributed by atoms with Crippen molar-refractivity contribution in [3.63, 3.8) is 0 Å². The second-order valence-electron chi connectivity index (χ2n) is 6.45. The fourth-order valence-electron chi connectivity index (χ4n) is 3.17. The van der Waals surface area contributed by atoms with Crippen LogP contribution in [0.5, 0.6) is 0 Å². The van der Waals surface area contributed by atoms with Gasteiger partial charge in [-0.05, 0) is 31.9 Å². The minimum atomic E-state index is -0.138. The van der Waals surface area contributed by atoms with E-state index in [1.807, 2.05) is 0 Å². The molecular weight excluding hydrogens is 326 g/mol. The molecule has 0 atom stereocenters. The van der Waals surface area contributed by atoms with Crippen molar-refractivity contribution in [3.05, 3.63) is 35.0 Å². The van der Waals surface area contributed by atoms with E-state index in [0.717, 1.165) is 31.1 Å². The number of nitrogens with zero attached hydrogens (tertiary/aromatic N) is 2. The maximum atomic E-state index is 12.6. The van der Waals surface area contributed by atoms with Gasteiger partial charge in [0.25, 0.3) is 5.91 Å². The molecule has 1 aromatic carbocycles. The molecule has 6 nitrogen and oxygen atoms in total. The highest BCUT2D eigenvalue weighted by Gasteiger charge is 2.30. The number of guanidine groups is 1. The second-order valence-corrected chi connectivity index (χ2v) is 6.86. The molecule has 0 bridgehead atoms. The minimum Gasteiger partial charge on any atom is -0.370 e. The molecule has 0 radical (unpaired) electrons. The highest BCUT2D eigenvalue weighted by Crippen LogP contribution is 2.32. The van der Waals surface area contributed by atoms with Crippen molar-refractivity contribution < 1.29 is 4.79 Å². The average Bonchev–Trinajstić information content (AvgIpc) is 2.95. The second kappa shape index (κ2) is 6.28. The summed E-state index contributed by atoms with van der Waals surface area (Å²) in [5.41, 5.74) is 11.3. The lowest BCUT2D eigenvalue weighted by Crippen LogP contribution is -2.43. The number of nitrogens with one attached hydrogen (secondary N) is 1. The van der Waals surface area contributed by atoms with Crippen LogP contribution in [0, 0.1) is 0 Å². The van der Waals surface area contributed by atoms with E-state index < -0.39 is 0 Å². The SMILES string of the molecule is CC1(NC(=O)c2ccc3c(Cl)cnc(N=C(N)N)c3c2)CCCC1. The van der Waals surface area contributed by atoms with Gasteiger partial charge in [-0.3, -0.25) is 4.79 Å². The van der Waals surface area contributed by atoms with Crippen molar-refractivity contribution in [2.45, 2.75) is 38.1 Å². The van der Waals surface area contributed by atoms with Gasteiger partial charge >= 0.3 is 0 Å². The third-order valence-corrected chi connectivity index (χ3v) is 4.74. The van der Waals surface area contributed by atoms with Crippen molar-refractivity contribution in [1.82, 2.24) is 10.3 Å². The number of nitrogens with two attached hydrogens (primary N) is 2. The predicted molar refractivity (Wildman–Crippen MR) is 96.6 cm³/mol. The zero-order chi connectivity index (χ0) is 17.3. The molecule has 1 heterocycles. The Labute approximate surface area is 145 Å². The number of hydrogen-bond donors (Lipinski definition) is 3. The van der Waals surface area contributed by atoms with Crippen LogP contribution in [0.3, 0.4) is 0 Å². The Balaban J connectivity index is 2.00. The van der Waals surface area contributed by atoms with Crippen molar-refractivity contribution in [1.29, 1.82) is 0 Å². The molecule has 0 saturated heterocycles. The molecule has 0 aliphatic heterocycles. The number of benzene rings is 1. The van der Waals surface area contributed by atoms with E-state index in [1.165, 1.54) is 6.20 Å². The van der Waals surface area contributed by atoms with Gasteiger partial charge in [0.2, 0.25) is 0 Å². The molecule has 2 aromatic rings. The maximum absolute atomic E-state index is 12.6. The number of hydrogen-bond acceptors (Lipinski definition) is 3. The van der Waals surface area contributed by atoms with Crippen LogP contribution in [-0.2, 0) is 0 Å². The van der Waals surface area contributed by atoms with Gasteiger partial charge < -0.3 is 16.8 Å². The molecule has 1 aliphatic carbocycles. The summed E-state index contributed by atoms with van der Waals surface area (Å²) in [6.07, 6.45) is 5.77. The zero-order valence-electron chi connectivity index (χ0n) is 13.5. The molecule has 0 spiro atoms. The van der Waals surface area contributed by atoms with E-state index in [4.69, 9.17) is 23.1 Å². The van der Waals surface area contributed by atoms with E-state index in [0.29, 0.717) is 21.8 Å². The summed E-state index contributed by atoms with van der Waals surface area (Å²) in [7, 11) is 0. The van der Waals surface area contributed by atoms with Gasteiger partial charge in [0.15, 0.2) is 11.8 Å². The smallest absolute Gasteiger partial charge is 0.251 e. The molecule has 3 rings (SSSR count). The van der Waals surface area contributed by atoms with Crippen molar-refractivity contribution in [3.8, 4) is 0 Å². The van der Waals surface area contributed by atoms with Crippen molar-refractivity contribution in [2.75, 3.05) is 0 Å². The van der Waals surface area contributed by atoms with E-state index in [-0.39, 0.29) is 17.4 Å². The fraction of sp³-hybridized carbons (Fsp3) is 0.353. The Morgan fingerprint density at radius 1 is 1.29 bits per heavy atom. The standard InChI is InChI=1S/C17H20ClN5O/c1-17(6-2-3-7-17)23-15(24)10-4-5-11-12(8-10)14(22-16(19)20)21-9-13(11)18/h4-5,8-9H,2-3,6-7H2,1H3,(H,23,24)(H4,19,20,21,22). The number of halogens is 1. The molecule has 1 fully saturated rings. The normalized spacial score (nSPS) is 16.1. The van der Waals surface area contributed by atoms with Crippen LogP contribution in [-0.4, -0.2) is 22.4 Å². The summed E-state index contributed by atoms with van der Waals surface area (Å²) in [5.74, 6) is 0.132. The topological polar surface area (TPSA) is 106 Å². The number of aromatic nitrogens is 1. The summed E-state index contributed by atoms with van der Waals surface area (Å²) in [6, 6.07) is 5.27. The Kier molecular flexibility index (Phi) is 4.32. The molecule has 0 unspecified atom stereocenters. The molecule has 1 aliphatic rings. The highest BCUT2D eigenvalue weighted by atomic mass is 35.5. The van der Waals surface area contributed by atoms with Crippen LogP contribution in [0.4, 0.5) is 5.82 Å². The van der Waals surface area contributed by atoms with Gasteiger partial charge in [-0.1, -0.05) is 30.5 Å². The van der Waals surface area contributed by atoms with Crippen LogP contribution in [0.25, 0.3) is 10.8 Å². The average molecular weight is 346 g/mol. The molecule has 126 valence electrons. The first kappa shape index (κ1) is 16.5. The van der Waals surface area contributed by atoms with Gasteiger partial charge in [0, 0.05) is 28.1 Å². The number of rotatable bonds is 3. The summed E-state index contributed by atoms with van der Waals surface area (Å²) < 4.78 is 0. The first-order chi connectivity index (χ1) is 11.4. The summed E-state index contributed by atoms with van der Waals surface area (Å²) in [6.45, 7) is 2.09. The van der Waals surface area contributed by atoms with Crippen molar-refractivity contribution in [2.24, 2.45) is 16.5 Å². The van der Waals surface area contributed by atoms with E-state index in [1.54, 1.807) is 18.2 Å². The van der Waals surface area contributed by atoms with E-state index in [2.05, 4.69) is 22.2 Å². The summed E-state index contributed by atoms with van der Waals surface area (Å²) in [5, 5.41) is 5.00. The van der Waals surface area contributed by atoms with Gasteiger partial charge in [-0.25, -0.2) is 4.98 Å². The molecule has 1 amide bonds. The third-order valence-electron chi connectivity index (χ3n) is 4.44. The van der Waals surface area contributed by atoms with E-state index in [9.17, 15) is 4.79 Å². The van der Waals surface area contributed by atoms with Gasteiger partial charge in [-0.2, -0.15) is 4.99 Å². The lowest BCUT2D eigenvalue weighted by molar-refractivity contribution is 0.0908. The lowest BCUT2D eigenvalue weighted by atomic mass is 9.99. The zero-order valence-corrected chi connectivity index (χ0v) is 14.2. The quantitative estimate of drug-likeness (QED) is 0.587. The maximum Gasteiger partial charge on any atom is 0.251 e. The number of carbonyl (C=O) groups is 1. The largest absolute Gasteiger partial charge is 0.370 e. The summed E-state index contributed by atoms with van der Waals surface area (Å²) >= 11 is 6.18. The predicted octanol–water partition coefficient (Wildman–Crippen LogP) is 2.86. The third kappa shape index (κ3) is 3.28. The summed E-state index contributed by atoms with van der Waals surface area (Å²) in [4.78, 5) is 20.8. The lowest BCUT2D eigenvalue weighted by Gasteiger charge is -2.25. The monoisotopic (exact) mass is 345 g/mol. The van der Waals surface area contributed by atoms with Crippen LogP contribution in [0.15, 0.2) is 29.4 Å². The van der Waals surface area contributed by atoms with E-state index >= 15 is 0 Å². The Hall–Kier alpha value is -2.34. The fourth-order valence-corrected chi connectivity index (χ4v) is 3.39. The number of amides is 1. The molecule has 7 heteroatoms. The molecule has 1 saturated carbocycles. The van der Waals surface area contributed by atoms with Gasteiger partial charge in [0.05, 0.1) is 5.02 Å². The molecule has 1 aromatic heterocycles. The molecule has 24 heavy (non-hydrogen) atoms. The van der Waals surface area contributed by atoms with Gasteiger partial charge in [0.1, 0.15) is 0 Å². The number of carbonyl (C=O) groups excluding carboxylic acids is 1. The minimum absolute atomic E-state index is 0.0977. The first-order valence-corrected chi connectivity index (χ1v) is 8.26. The number of pyridine rings is 1. The first-order valence-electron chi connectivity index (χ1n) is 7.88. The number of aliphatic imine (C=N–C) groups is 1. The van der Waals surface area contributed by atoms with Crippen LogP contribution < -0.4 is 16.8 Å². The van der Waals surface area contributed by atoms with Crippen LogP contribution in [0.1, 0.15) is 43.0 Å². The Morgan fingerprint density at radius 2 is 2.00 bits per heavy atom. The Bertz CT molecular complexity index is 823.